The number of fused-ring (bicyclic) bond motifs is 1. The van der Waals surface area contributed by atoms with Crippen LogP contribution in [-0.2, 0) is 14.3 Å². The van der Waals surface area contributed by atoms with Crippen LogP contribution >= 0.6 is 0 Å². The van der Waals surface area contributed by atoms with Crippen LogP contribution in [0.25, 0.3) is 22.4 Å². The van der Waals surface area contributed by atoms with Crippen molar-refractivity contribution in [1.82, 2.24) is 15.6 Å². The molecule has 2 N–H and O–H groups in total. The Hall–Kier alpha value is -4.14. The van der Waals surface area contributed by atoms with E-state index in [0.717, 1.165) is 0 Å². The summed E-state index contributed by atoms with van der Waals surface area (Å²) in [4.78, 5) is 42.3. The number of rotatable bonds is 7. The molecule has 3 aromatic rings. The molecule has 4 rings (SSSR count). The van der Waals surface area contributed by atoms with Crippen molar-refractivity contribution < 1.29 is 28.3 Å². The lowest BCUT2D eigenvalue weighted by Crippen LogP contribution is -2.51. The van der Waals surface area contributed by atoms with E-state index >= 15 is 0 Å². The van der Waals surface area contributed by atoms with Crippen LogP contribution in [0, 0.1) is 0 Å². The van der Waals surface area contributed by atoms with Crippen LogP contribution in [-0.4, -0.2) is 42.2 Å². The first-order valence-corrected chi connectivity index (χ1v) is 10.6. The lowest BCUT2D eigenvalue weighted by molar-refractivity contribution is -0.139. The third kappa shape index (κ3) is 4.57. The van der Waals surface area contributed by atoms with Gasteiger partial charge in [0.15, 0.2) is 5.76 Å². The van der Waals surface area contributed by atoms with Gasteiger partial charge in [-0.3, -0.25) is 0 Å². The Bertz CT molecular complexity index is 1230. The van der Waals surface area contributed by atoms with Crippen LogP contribution in [0.15, 0.2) is 64.4 Å². The molecular formula is C24H23N3O6. The van der Waals surface area contributed by atoms with Gasteiger partial charge in [0.1, 0.15) is 12.3 Å². The van der Waals surface area contributed by atoms with Gasteiger partial charge in [0, 0.05) is 5.39 Å². The summed E-state index contributed by atoms with van der Waals surface area (Å²) in [5, 5.41) is 5.87. The van der Waals surface area contributed by atoms with Crippen LogP contribution < -0.4 is 10.6 Å². The number of hydrogen-bond donors (Lipinski definition) is 2. The molecule has 9 heteroatoms. The Morgan fingerprint density at radius 2 is 1.91 bits per heavy atom. The van der Waals surface area contributed by atoms with Gasteiger partial charge in [-0.1, -0.05) is 25.1 Å². The predicted molar refractivity (Wildman–Crippen MR) is 119 cm³/mol. The number of nitrogens with one attached hydrogen (secondary N) is 2. The summed E-state index contributed by atoms with van der Waals surface area (Å²) >= 11 is 0. The molecule has 170 valence electrons. The number of ether oxygens (including phenoxy) is 2. The van der Waals surface area contributed by atoms with Gasteiger partial charge in [0.25, 0.3) is 0 Å². The van der Waals surface area contributed by atoms with Crippen LogP contribution in [0.1, 0.15) is 30.6 Å². The second-order valence-electron chi connectivity index (χ2n) is 7.30. The van der Waals surface area contributed by atoms with Crippen molar-refractivity contribution in [2.45, 2.75) is 26.3 Å². The van der Waals surface area contributed by atoms with E-state index in [2.05, 4.69) is 15.6 Å². The number of pyridine rings is 1. The first kappa shape index (κ1) is 22.1. The third-order valence-electron chi connectivity index (χ3n) is 5.20. The number of carbonyl (C=O) groups excluding carboxylic acids is 3. The van der Waals surface area contributed by atoms with E-state index in [1.165, 1.54) is 6.26 Å². The number of urea groups is 1. The molecule has 9 nitrogen and oxygen atoms in total. The first-order chi connectivity index (χ1) is 16.0. The van der Waals surface area contributed by atoms with Crippen molar-refractivity contribution in [1.29, 1.82) is 0 Å². The lowest BCUT2D eigenvalue weighted by atomic mass is 10.0. The van der Waals surface area contributed by atoms with Crippen molar-refractivity contribution in [3.05, 3.63) is 65.6 Å². The molecule has 1 aliphatic heterocycles. The minimum atomic E-state index is -0.627. The van der Waals surface area contributed by atoms with Gasteiger partial charge in [0.05, 0.1) is 41.3 Å². The summed E-state index contributed by atoms with van der Waals surface area (Å²) in [7, 11) is 0. The van der Waals surface area contributed by atoms with E-state index in [1.807, 2.05) is 13.0 Å². The Kier molecular flexibility index (Phi) is 6.39. The number of amides is 2. The van der Waals surface area contributed by atoms with Gasteiger partial charge in [-0.05, 0) is 37.6 Å². The quantitative estimate of drug-likeness (QED) is 0.529. The van der Waals surface area contributed by atoms with Gasteiger partial charge in [-0.25, -0.2) is 19.4 Å². The van der Waals surface area contributed by atoms with Crippen LogP contribution in [0.5, 0.6) is 0 Å². The van der Waals surface area contributed by atoms with E-state index in [0.29, 0.717) is 28.8 Å². The minimum absolute atomic E-state index is 0.179. The molecule has 2 amide bonds. The van der Waals surface area contributed by atoms with Crippen molar-refractivity contribution in [3.8, 4) is 11.5 Å². The number of esters is 2. The molecule has 0 aliphatic carbocycles. The zero-order chi connectivity index (χ0) is 23.4. The topological polar surface area (TPSA) is 120 Å². The summed E-state index contributed by atoms with van der Waals surface area (Å²) in [6.45, 7) is 3.40. The number of furan rings is 1. The van der Waals surface area contributed by atoms with Crippen molar-refractivity contribution >= 4 is 28.9 Å². The number of benzene rings is 1. The zero-order valence-electron chi connectivity index (χ0n) is 18.2. The molecule has 1 atom stereocenters. The summed E-state index contributed by atoms with van der Waals surface area (Å²) in [6, 6.07) is 11.2. The molecule has 0 radical (unpaired) electrons. The summed E-state index contributed by atoms with van der Waals surface area (Å²) in [6.07, 6.45) is 2.00. The second-order valence-corrected chi connectivity index (χ2v) is 7.30. The molecule has 0 saturated carbocycles. The predicted octanol–water partition coefficient (Wildman–Crippen LogP) is 3.56. The lowest BCUT2D eigenvalue weighted by Gasteiger charge is -2.28. The van der Waals surface area contributed by atoms with Gasteiger partial charge in [-0.15, -0.1) is 0 Å². The summed E-state index contributed by atoms with van der Waals surface area (Å²) < 4.78 is 16.1. The number of carbonyl (C=O) groups is 3. The van der Waals surface area contributed by atoms with Crippen molar-refractivity contribution in [3.63, 3.8) is 0 Å². The number of aromatic nitrogens is 1. The molecule has 0 saturated heterocycles. The smallest absolute Gasteiger partial charge is 0.339 e. The molecule has 1 aromatic carbocycles. The molecular weight excluding hydrogens is 426 g/mol. The molecule has 0 bridgehead atoms. The van der Waals surface area contributed by atoms with E-state index in [-0.39, 0.29) is 30.0 Å². The normalized spacial score (nSPS) is 15.7. The largest absolute Gasteiger partial charge is 0.463 e. The van der Waals surface area contributed by atoms with Crippen LogP contribution in [0.2, 0.25) is 0 Å². The fourth-order valence-corrected chi connectivity index (χ4v) is 3.69. The third-order valence-corrected chi connectivity index (χ3v) is 5.20. The average Bonchev–Trinajstić information content (AvgIpc) is 3.36. The van der Waals surface area contributed by atoms with Gasteiger partial charge in [-0.2, -0.15) is 0 Å². The van der Waals surface area contributed by atoms with E-state index in [9.17, 15) is 14.4 Å². The second kappa shape index (κ2) is 9.56. The molecule has 2 aromatic heterocycles. The zero-order valence-corrected chi connectivity index (χ0v) is 18.2. The van der Waals surface area contributed by atoms with Crippen molar-refractivity contribution in [2.24, 2.45) is 0 Å². The first-order valence-electron chi connectivity index (χ1n) is 10.6. The Labute approximate surface area is 189 Å². The average molecular weight is 449 g/mol. The van der Waals surface area contributed by atoms with Crippen LogP contribution in [0.3, 0.4) is 0 Å². The summed E-state index contributed by atoms with van der Waals surface area (Å²) in [5.74, 6) is -0.686. The maximum atomic E-state index is 13.1. The monoisotopic (exact) mass is 449 g/mol. The highest BCUT2D eigenvalue weighted by atomic mass is 16.5. The highest BCUT2D eigenvalue weighted by Crippen LogP contribution is 2.26. The molecule has 3 heterocycles. The maximum absolute atomic E-state index is 13.1. The van der Waals surface area contributed by atoms with Crippen molar-refractivity contribution in [2.75, 3.05) is 13.2 Å². The maximum Gasteiger partial charge on any atom is 0.339 e. The number of nitrogens with zero attached hydrogens (tertiary/aromatic N) is 1. The van der Waals surface area contributed by atoms with Gasteiger partial charge < -0.3 is 24.5 Å². The fourth-order valence-electron chi connectivity index (χ4n) is 3.69. The van der Waals surface area contributed by atoms with E-state index in [4.69, 9.17) is 13.9 Å². The van der Waals surface area contributed by atoms with Crippen LogP contribution in [0.4, 0.5) is 4.79 Å². The molecule has 1 aliphatic rings. The summed E-state index contributed by atoms with van der Waals surface area (Å²) in [5.41, 5.74) is 1.81. The standard InChI is InChI=1S/C24H23N3O6/c1-3-16-21(23(29)31-4-2)19(27-24(30)26-16)13-33-22(28)15-12-18(20-10-7-11-32-20)25-17-9-6-5-8-14(15)17/h5-12,16H,3-4,13H2,1-2H3,(H2,26,27,30). The molecule has 0 spiro atoms. The SMILES string of the molecule is CCOC(=O)C1=C(COC(=O)c2cc(-c3ccco3)nc3ccccc23)NC(=O)NC1CC. The number of para-hydroxylation sites is 1. The Morgan fingerprint density at radius 1 is 1.09 bits per heavy atom. The highest BCUT2D eigenvalue weighted by Gasteiger charge is 2.32. The Morgan fingerprint density at radius 3 is 2.64 bits per heavy atom. The van der Waals surface area contributed by atoms with E-state index < -0.39 is 24.0 Å². The van der Waals surface area contributed by atoms with Gasteiger partial charge in [0.2, 0.25) is 0 Å². The fraction of sp³-hybridized carbons (Fsp3) is 0.250. The Balaban J connectivity index is 1.66. The van der Waals surface area contributed by atoms with Gasteiger partial charge >= 0.3 is 18.0 Å². The molecule has 1 unspecified atom stereocenters. The molecule has 0 fully saturated rings. The number of hydrogen-bond acceptors (Lipinski definition) is 7. The van der Waals surface area contributed by atoms with E-state index in [1.54, 1.807) is 43.3 Å². The minimum Gasteiger partial charge on any atom is -0.463 e. The molecule has 33 heavy (non-hydrogen) atoms. The highest BCUT2D eigenvalue weighted by molar-refractivity contribution is 6.04.